The second-order valence-corrected chi connectivity index (χ2v) is 9.04. The van der Waals surface area contributed by atoms with Crippen LogP contribution in [0.25, 0.3) is 22.4 Å². The van der Waals surface area contributed by atoms with Gasteiger partial charge in [-0.05, 0) is 57.5 Å². The maximum Gasteiger partial charge on any atom is 0.341 e. The molecule has 3 heterocycles. The summed E-state index contributed by atoms with van der Waals surface area (Å²) in [6.45, 7) is 6.87. The third-order valence-electron chi connectivity index (χ3n) is 5.38. The van der Waals surface area contributed by atoms with E-state index in [-0.39, 0.29) is 12.2 Å². The van der Waals surface area contributed by atoms with E-state index < -0.39 is 24.5 Å². The van der Waals surface area contributed by atoms with E-state index in [1.165, 1.54) is 11.3 Å². The number of fused-ring (bicyclic) bond motifs is 1. The average molecular weight is 493 g/mol. The van der Waals surface area contributed by atoms with Crippen molar-refractivity contribution >= 4 is 45.1 Å². The van der Waals surface area contributed by atoms with Gasteiger partial charge in [-0.3, -0.25) is 4.79 Å². The molecule has 180 valence electrons. The lowest BCUT2D eigenvalue weighted by molar-refractivity contribution is -0.119. The molecule has 3 aromatic heterocycles. The summed E-state index contributed by atoms with van der Waals surface area (Å²) in [6, 6.07) is 12.3. The number of furan rings is 1. The van der Waals surface area contributed by atoms with Crippen molar-refractivity contribution in [2.75, 3.05) is 18.5 Å². The molecule has 0 fully saturated rings. The number of amides is 1. The van der Waals surface area contributed by atoms with Crippen molar-refractivity contribution in [3.05, 3.63) is 69.8 Å². The SMILES string of the molecule is CCOC(=O)c1c(NC(=O)COC(=O)c2cc(-c3ccc(C)o3)nc3ccccc23)sc(C)c1C. The van der Waals surface area contributed by atoms with Crippen LogP contribution in [0.1, 0.15) is 43.8 Å². The van der Waals surface area contributed by atoms with Crippen LogP contribution in [0.4, 0.5) is 5.00 Å². The first-order chi connectivity index (χ1) is 16.8. The Kier molecular flexibility index (Phi) is 6.97. The molecule has 0 saturated heterocycles. The fourth-order valence-corrected chi connectivity index (χ4v) is 4.64. The molecule has 1 amide bonds. The van der Waals surface area contributed by atoms with Crippen LogP contribution in [-0.4, -0.2) is 36.0 Å². The molecule has 0 atom stereocenters. The molecular formula is C26H24N2O6S. The van der Waals surface area contributed by atoms with E-state index in [4.69, 9.17) is 13.9 Å². The Balaban J connectivity index is 1.53. The number of rotatable bonds is 7. The number of para-hydroxylation sites is 1. The lowest BCUT2D eigenvalue weighted by atomic mass is 10.1. The summed E-state index contributed by atoms with van der Waals surface area (Å²) in [5, 5.41) is 3.63. The molecule has 1 N–H and O–H groups in total. The molecule has 0 radical (unpaired) electrons. The van der Waals surface area contributed by atoms with E-state index in [9.17, 15) is 14.4 Å². The number of nitrogens with zero attached hydrogens (tertiary/aromatic N) is 1. The number of benzene rings is 1. The predicted molar refractivity (Wildman–Crippen MR) is 133 cm³/mol. The fraction of sp³-hybridized carbons (Fsp3) is 0.231. The first kappa shape index (κ1) is 24.2. The molecule has 0 aliphatic heterocycles. The summed E-state index contributed by atoms with van der Waals surface area (Å²) in [4.78, 5) is 43.4. The summed E-state index contributed by atoms with van der Waals surface area (Å²) >= 11 is 1.27. The molecule has 0 aliphatic rings. The van der Waals surface area contributed by atoms with E-state index in [2.05, 4.69) is 10.3 Å². The van der Waals surface area contributed by atoms with Crippen LogP contribution >= 0.6 is 11.3 Å². The first-order valence-electron chi connectivity index (χ1n) is 11.0. The minimum Gasteiger partial charge on any atom is -0.462 e. The molecule has 4 aromatic rings. The molecule has 0 bridgehead atoms. The topological polar surface area (TPSA) is 108 Å². The summed E-state index contributed by atoms with van der Waals surface area (Å²) in [7, 11) is 0. The quantitative estimate of drug-likeness (QED) is 0.342. The van der Waals surface area contributed by atoms with Gasteiger partial charge in [0.15, 0.2) is 12.4 Å². The van der Waals surface area contributed by atoms with Crippen molar-refractivity contribution in [1.82, 2.24) is 4.98 Å². The summed E-state index contributed by atoms with van der Waals surface area (Å²) in [5.41, 5.74) is 2.40. The molecule has 0 spiro atoms. The fourth-order valence-electron chi connectivity index (χ4n) is 3.58. The monoisotopic (exact) mass is 492 g/mol. The Morgan fingerprint density at radius 2 is 1.80 bits per heavy atom. The number of hydrogen-bond acceptors (Lipinski definition) is 8. The van der Waals surface area contributed by atoms with Gasteiger partial charge in [0, 0.05) is 10.3 Å². The van der Waals surface area contributed by atoms with Crippen molar-refractivity contribution in [3.8, 4) is 11.5 Å². The van der Waals surface area contributed by atoms with E-state index in [0.717, 1.165) is 16.2 Å². The number of anilines is 1. The third-order valence-corrected chi connectivity index (χ3v) is 6.50. The number of pyridine rings is 1. The number of hydrogen-bond donors (Lipinski definition) is 1. The van der Waals surface area contributed by atoms with Crippen molar-refractivity contribution in [3.63, 3.8) is 0 Å². The van der Waals surface area contributed by atoms with Gasteiger partial charge in [0.05, 0.1) is 23.3 Å². The highest BCUT2D eigenvalue weighted by Crippen LogP contribution is 2.33. The van der Waals surface area contributed by atoms with Crippen LogP contribution in [0.3, 0.4) is 0 Å². The maximum atomic E-state index is 13.0. The first-order valence-corrected chi connectivity index (χ1v) is 11.8. The number of ether oxygens (including phenoxy) is 2. The van der Waals surface area contributed by atoms with E-state index in [0.29, 0.717) is 32.9 Å². The molecule has 1 aromatic carbocycles. The highest BCUT2D eigenvalue weighted by atomic mass is 32.1. The van der Waals surface area contributed by atoms with Gasteiger partial charge in [0.25, 0.3) is 5.91 Å². The van der Waals surface area contributed by atoms with Crippen LogP contribution in [-0.2, 0) is 14.3 Å². The van der Waals surface area contributed by atoms with Gasteiger partial charge in [0.2, 0.25) is 0 Å². The minimum absolute atomic E-state index is 0.220. The molecule has 4 rings (SSSR count). The Bertz CT molecular complexity index is 1440. The minimum atomic E-state index is -0.674. The molecule has 0 unspecified atom stereocenters. The molecule has 0 saturated carbocycles. The molecule has 35 heavy (non-hydrogen) atoms. The van der Waals surface area contributed by atoms with Gasteiger partial charge in [-0.25, -0.2) is 14.6 Å². The van der Waals surface area contributed by atoms with Gasteiger partial charge in [-0.15, -0.1) is 11.3 Å². The van der Waals surface area contributed by atoms with Crippen molar-refractivity contribution < 1.29 is 28.3 Å². The van der Waals surface area contributed by atoms with Crippen molar-refractivity contribution in [1.29, 1.82) is 0 Å². The summed E-state index contributed by atoms with van der Waals surface area (Å²) < 4.78 is 16.1. The number of aryl methyl sites for hydroxylation is 2. The zero-order chi connectivity index (χ0) is 25.1. The molecule has 0 aliphatic carbocycles. The van der Waals surface area contributed by atoms with E-state index in [1.807, 2.05) is 26.0 Å². The number of aromatic nitrogens is 1. The number of nitrogens with one attached hydrogen (secondary N) is 1. The standard InChI is InChI=1S/C26H24N2O6S/c1-5-32-26(31)23-15(3)16(4)35-24(23)28-22(29)13-33-25(30)18-12-20(21-11-10-14(2)34-21)27-19-9-7-6-8-17(18)19/h6-12H,5,13H2,1-4H3,(H,28,29). The molecular weight excluding hydrogens is 468 g/mol. The van der Waals surface area contributed by atoms with Gasteiger partial charge >= 0.3 is 11.9 Å². The lowest BCUT2D eigenvalue weighted by Gasteiger charge is -2.10. The maximum absolute atomic E-state index is 13.0. The van der Waals surface area contributed by atoms with Crippen molar-refractivity contribution in [2.24, 2.45) is 0 Å². The average Bonchev–Trinajstić information content (AvgIpc) is 3.39. The van der Waals surface area contributed by atoms with Gasteiger partial charge in [0.1, 0.15) is 16.5 Å². The summed E-state index contributed by atoms with van der Waals surface area (Å²) in [6.07, 6.45) is 0. The zero-order valence-corrected chi connectivity index (χ0v) is 20.6. The van der Waals surface area contributed by atoms with Gasteiger partial charge in [-0.2, -0.15) is 0 Å². The third kappa shape index (κ3) is 5.09. The normalized spacial score (nSPS) is 10.9. The van der Waals surface area contributed by atoms with Crippen LogP contribution in [0, 0.1) is 20.8 Å². The Labute approximate surface area is 205 Å². The number of carbonyl (C=O) groups is 3. The largest absolute Gasteiger partial charge is 0.462 e. The van der Waals surface area contributed by atoms with Crippen molar-refractivity contribution in [2.45, 2.75) is 27.7 Å². The highest BCUT2D eigenvalue weighted by Gasteiger charge is 2.23. The molecule has 9 heteroatoms. The van der Waals surface area contributed by atoms with E-state index >= 15 is 0 Å². The van der Waals surface area contributed by atoms with Crippen LogP contribution in [0.15, 0.2) is 46.9 Å². The Morgan fingerprint density at radius 1 is 1.03 bits per heavy atom. The zero-order valence-electron chi connectivity index (χ0n) is 19.8. The van der Waals surface area contributed by atoms with E-state index in [1.54, 1.807) is 44.2 Å². The second-order valence-electron chi connectivity index (χ2n) is 7.81. The van der Waals surface area contributed by atoms with Crippen LogP contribution in [0.2, 0.25) is 0 Å². The predicted octanol–water partition coefficient (Wildman–Crippen LogP) is 5.45. The molecule has 8 nitrogen and oxygen atoms in total. The lowest BCUT2D eigenvalue weighted by Crippen LogP contribution is -2.22. The van der Waals surface area contributed by atoms with Gasteiger partial charge < -0.3 is 19.2 Å². The Morgan fingerprint density at radius 3 is 2.51 bits per heavy atom. The Hall–Kier alpha value is -3.98. The van der Waals surface area contributed by atoms with Crippen LogP contribution in [0.5, 0.6) is 0 Å². The smallest absolute Gasteiger partial charge is 0.341 e. The second kappa shape index (κ2) is 10.1. The number of carbonyl (C=O) groups excluding carboxylic acids is 3. The van der Waals surface area contributed by atoms with Gasteiger partial charge in [-0.1, -0.05) is 18.2 Å². The summed E-state index contributed by atoms with van der Waals surface area (Å²) in [5.74, 6) is -0.504. The number of thiophene rings is 1. The highest BCUT2D eigenvalue weighted by molar-refractivity contribution is 7.16. The number of esters is 2. The van der Waals surface area contributed by atoms with Crippen LogP contribution < -0.4 is 5.32 Å².